The van der Waals surface area contributed by atoms with Gasteiger partial charge in [0.2, 0.25) is 0 Å². The van der Waals surface area contributed by atoms with Gasteiger partial charge in [-0.2, -0.15) is 10.5 Å². The molecule has 92 valence electrons. The number of nitrogens with zero attached hydrogens (tertiary/aromatic N) is 2. The van der Waals surface area contributed by atoms with Crippen molar-refractivity contribution in [3.63, 3.8) is 0 Å². The van der Waals surface area contributed by atoms with Gasteiger partial charge in [0, 0.05) is 9.79 Å². The number of hydrogen-bond acceptors (Lipinski definition) is 3. The van der Waals surface area contributed by atoms with Crippen molar-refractivity contribution in [3.05, 3.63) is 59.2 Å². The molecule has 0 radical (unpaired) electrons. The molecule has 2 aromatic carbocycles. The van der Waals surface area contributed by atoms with E-state index in [-0.39, 0.29) is 0 Å². The number of aryl methyl sites for hydroxylation is 1. The highest BCUT2D eigenvalue weighted by Crippen LogP contribution is 2.29. The molecular weight excluding hydrogens is 252 g/mol. The molecule has 0 atom stereocenters. The largest absolute Gasteiger partial charge is 0.192 e. The quantitative estimate of drug-likeness (QED) is 0.837. The fraction of sp³-hybridized carbons (Fsp3) is 0.125. The van der Waals surface area contributed by atoms with Crippen LogP contribution in [0.15, 0.2) is 52.3 Å². The Kier molecular flexibility index (Phi) is 4.23. The minimum atomic E-state index is 0.424. The Balaban J connectivity index is 2.24. The lowest BCUT2D eigenvalue weighted by Gasteiger charge is -2.04. The zero-order valence-corrected chi connectivity index (χ0v) is 11.4. The van der Waals surface area contributed by atoms with Crippen molar-refractivity contribution in [1.82, 2.24) is 0 Å². The maximum atomic E-state index is 9.00. The summed E-state index contributed by atoms with van der Waals surface area (Å²) in [5.41, 5.74) is 2.16. The average Bonchev–Trinajstić information content (AvgIpc) is 2.48. The van der Waals surface area contributed by atoms with Gasteiger partial charge in [-0.3, -0.25) is 0 Å². The van der Waals surface area contributed by atoms with Gasteiger partial charge in [0.1, 0.15) is 12.1 Å². The van der Waals surface area contributed by atoms with E-state index in [1.54, 1.807) is 23.9 Å². The second-order valence-corrected chi connectivity index (χ2v) is 5.18. The van der Waals surface area contributed by atoms with E-state index < -0.39 is 0 Å². The average molecular weight is 264 g/mol. The van der Waals surface area contributed by atoms with Crippen LogP contribution < -0.4 is 0 Å². The molecule has 2 nitrogen and oxygen atoms in total. The monoisotopic (exact) mass is 264 g/mol. The summed E-state index contributed by atoms with van der Waals surface area (Å²) in [6.45, 7) is 2.13. The van der Waals surface area contributed by atoms with Gasteiger partial charge in [0.05, 0.1) is 11.1 Å². The Hall–Kier alpha value is -2.23. The summed E-state index contributed by atoms with van der Waals surface area (Å²) in [4.78, 5) is 2.10. The molecule has 3 heteroatoms. The van der Waals surface area contributed by atoms with Crippen molar-refractivity contribution >= 4 is 11.8 Å². The molecular formula is C16H12N2S. The maximum absolute atomic E-state index is 9.00. The number of hydrogen-bond donors (Lipinski definition) is 0. The van der Waals surface area contributed by atoms with Gasteiger partial charge in [-0.25, -0.2) is 0 Å². The Morgan fingerprint density at radius 3 is 2.11 bits per heavy atom. The fourth-order valence-corrected chi connectivity index (χ4v) is 2.56. The molecule has 0 unspecified atom stereocenters. The zero-order valence-electron chi connectivity index (χ0n) is 10.6. The normalized spacial score (nSPS) is 9.63. The van der Waals surface area contributed by atoms with Crippen LogP contribution in [0.3, 0.4) is 0 Å². The van der Waals surface area contributed by atoms with Crippen LogP contribution in [0.2, 0.25) is 0 Å². The molecule has 0 fully saturated rings. The summed E-state index contributed by atoms with van der Waals surface area (Å²) in [5.74, 6) is 0. The van der Waals surface area contributed by atoms with Gasteiger partial charge in [0.25, 0.3) is 0 Å². The van der Waals surface area contributed by atoms with Crippen LogP contribution in [0, 0.1) is 22.7 Å². The van der Waals surface area contributed by atoms with Crippen molar-refractivity contribution in [2.45, 2.75) is 23.1 Å². The number of rotatable bonds is 3. The van der Waals surface area contributed by atoms with Gasteiger partial charge in [-0.15, -0.1) is 0 Å². The van der Waals surface area contributed by atoms with Crippen molar-refractivity contribution < 1.29 is 0 Å². The van der Waals surface area contributed by atoms with Crippen LogP contribution in [0.25, 0.3) is 0 Å². The molecule has 0 heterocycles. The highest BCUT2D eigenvalue weighted by atomic mass is 32.2. The highest BCUT2D eigenvalue weighted by molar-refractivity contribution is 7.99. The maximum Gasteiger partial charge on any atom is 0.101 e. The second-order valence-electron chi connectivity index (χ2n) is 4.03. The molecule has 0 saturated heterocycles. The third-order valence-corrected chi connectivity index (χ3v) is 3.80. The lowest BCUT2D eigenvalue weighted by atomic mass is 10.1. The third kappa shape index (κ3) is 3.16. The number of nitriles is 2. The van der Waals surface area contributed by atoms with Gasteiger partial charge in [-0.05, 0) is 42.3 Å². The predicted octanol–water partition coefficient (Wildman–Crippen LogP) is 4.14. The van der Waals surface area contributed by atoms with Gasteiger partial charge >= 0.3 is 0 Å². The first kappa shape index (κ1) is 13.2. The van der Waals surface area contributed by atoms with Crippen molar-refractivity contribution in [2.75, 3.05) is 0 Å². The zero-order chi connectivity index (χ0) is 13.7. The summed E-state index contributed by atoms with van der Waals surface area (Å²) in [6, 6.07) is 17.8. The minimum Gasteiger partial charge on any atom is -0.192 e. The molecule has 0 aliphatic carbocycles. The topological polar surface area (TPSA) is 47.6 Å². The molecule has 0 spiro atoms. The van der Waals surface area contributed by atoms with E-state index in [0.29, 0.717) is 11.1 Å². The fourth-order valence-electron chi connectivity index (χ4n) is 1.71. The van der Waals surface area contributed by atoms with E-state index >= 15 is 0 Å². The lowest BCUT2D eigenvalue weighted by molar-refractivity contribution is 1.13. The van der Waals surface area contributed by atoms with Crippen LogP contribution >= 0.6 is 11.8 Å². The van der Waals surface area contributed by atoms with Gasteiger partial charge in [0.15, 0.2) is 0 Å². The van der Waals surface area contributed by atoms with E-state index in [4.69, 9.17) is 10.5 Å². The van der Waals surface area contributed by atoms with E-state index in [9.17, 15) is 0 Å². The SMILES string of the molecule is CCc1ccc(Sc2ccc(C#N)c(C#N)c2)cc1. The lowest BCUT2D eigenvalue weighted by Crippen LogP contribution is -1.84. The Morgan fingerprint density at radius 2 is 1.53 bits per heavy atom. The second kappa shape index (κ2) is 6.09. The van der Waals surface area contributed by atoms with E-state index in [0.717, 1.165) is 16.2 Å². The molecule has 0 aliphatic heterocycles. The molecule has 0 bridgehead atoms. The first-order valence-electron chi connectivity index (χ1n) is 5.98. The first-order valence-corrected chi connectivity index (χ1v) is 6.79. The molecule has 0 N–H and O–H groups in total. The van der Waals surface area contributed by atoms with Crippen LogP contribution in [0.4, 0.5) is 0 Å². The summed E-state index contributed by atoms with van der Waals surface area (Å²) in [7, 11) is 0. The van der Waals surface area contributed by atoms with Crippen molar-refractivity contribution in [2.24, 2.45) is 0 Å². The Bertz CT molecular complexity index is 661. The van der Waals surface area contributed by atoms with Crippen LogP contribution in [0.1, 0.15) is 23.6 Å². The highest BCUT2D eigenvalue weighted by Gasteiger charge is 2.04. The first-order chi connectivity index (χ1) is 9.26. The predicted molar refractivity (Wildman–Crippen MR) is 75.8 cm³/mol. The van der Waals surface area contributed by atoms with Gasteiger partial charge < -0.3 is 0 Å². The molecule has 0 amide bonds. The number of benzene rings is 2. The molecule has 2 rings (SSSR count). The molecule has 0 aromatic heterocycles. The molecule has 19 heavy (non-hydrogen) atoms. The third-order valence-electron chi connectivity index (χ3n) is 2.80. The Morgan fingerprint density at radius 1 is 0.895 bits per heavy atom. The minimum absolute atomic E-state index is 0.424. The molecule has 2 aromatic rings. The van der Waals surface area contributed by atoms with E-state index in [2.05, 4.69) is 37.3 Å². The van der Waals surface area contributed by atoms with Crippen LogP contribution in [-0.4, -0.2) is 0 Å². The smallest absolute Gasteiger partial charge is 0.101 e. The summed E-state index contributed by atoms with van der Waals surface area (Å²) in [6.07, 6.45) is 1.03. The van der Waals surface area contributed by atoms with Crippen molar-refractivity contribution in [3.8, 4) is 12.1 Å². The molecule has 0 aliphatic rings. The van der Waals surface area contributed by atoms with E-state index in [1.807, 2.05) is 12.1 Å². The van der Waals surface area contributed by atoms with Crippen LogP contribution in [-0.2, 0) is 6.42 Å². The van der Waals surface area contributed by atoms with E-state index in [1.165, 1.54) is 5.56 Å². The summed E-state index contributed by atoms with van der Waals surface area (Å²) in [5, 5.41) is 17.9. The summed E-state index contributed by atoms with van der Waals surface area (Å²) < 4.78 is 0. The van der Waals surface area contributed by atoms with Gasteiger partial charge in [-0.1, -0.05) is 30.8 Å². The Labute approximate surface area is 117 Å². The standard InChI is InChI=1S/C16H12N2S/c1-2-12-3-6-15(7-4-12)19-16-8-5-13(10-17)14(9-16)11-18/h3-9H,2H2,1H3. The van der Waals surface area contributed by atoms with Crippen LogP contribution in [0.5, 0.6) is 0 Å². The molecule has 0 saturated carbocycles. The summed E-state index contributed by atoms with van der Waals surface area (Å²) >= 11 is 1.59. The van der Waals surface area contributed by atoms with Crippen molar-refractivity contribution in [1.29, 1.82) is 10.5 Å².